The first kappa shape index (κ1) is 27.3. The molecule has 2 amide bonds. The highest BCUT2D eigenvalue weighted by molar-refractivity contribution is 7.89. The third-order valence-corrected chi connectivity index (χ3v) is 6.77. The molecule has 1 saturated heterocycles. The van der Waals surface area contributed by atoms with Gasteiger partial charge in [-0.15, -0.1) is 0 Å². The van der Waals surface area contributed by atoms with E-state index >= 15 is 0 Å². The minimum atomic E-state index is -3.68. The summed E-state index contributed by atoms with van der Waals surface area (Å²) in [6, 6.07) is 13.0. The number of hydrogen-bond acceptors (Lipinski definition) is 7. The summed E-state index contributed by atoms with van der Waals surface area (Å²) in [6.45, 7) is 2.38. The lowest BCUT2D eigenvalue weighted by atomic mass is 10.1. The Morgan fingerprint density at radius 1 is 0.886 bits per heavy atom. The van der Waals surface area contributed by atoms with E-state index in [1.165, 1.54) is 30.5 Å². The minimum Gasteiger partial charge on any atom is -0.496 e. The molecule has 0 spiro atoms. The van der Waals surface area contributed by atoms with Crippen LogP contribution in [0.5, 0.6) is 5.75 Å². The number of para-hydroxylation sites is 1. The number of hydrogen-bond donors (Lipinski definition) is 3. The van der Waals surface area contributed by atoms with Crippen LogP contribution in [0.25, 0.3) is 0 Å². The lowest BCUT2D eigenvalue weighted by Crippen LogP contribution is -2.50. The third-order valence-electron chi connectivity index (χ3n) is 4.86. The van der Waals surface area contributed by atoms with Crippen LogP contribution in [0.2, 0.25) is 0 Å². The number of carboxylic acids is 2. The van der Waals surface area contributed by atoms with E-state index in [0.717, 1.165) is 0 Å². The molecule has 0 aromatic heterocycles. The van der Waals surface area contributed by atoms with E-state index in [-0.39, 0.29) is 29.8 Å². The van der Waals surface area contributed by atoms with Crippen molar-refractivity contribution in [2.75, 3.05) is 38.6 Å². The van der Waals surface area contributed by atoms with Gasteiger partial charge in [0.1, 0.15) is 5.75 Å². The topological polar surface area (TPSA) is 171 Å². The molecule has 3 N–H and O–H groups in total. The van der Waals surface area contributed by atoms with Crippen molar-refractivity contribution in [2.45, 2.75) is 11.8 Å². The Kier molecular flexibility index (Phi) is 9.31. The maximum absolute atomic E-state index is 12.9. The number of nitrogens with zero attached hydrogens (tertiary/aromatic N) is 2. The SMILES string of the molecule is COc1ccccc1C(=O)N1CCN(S(=O)(=O)c2ccc(NC(C)=O)cc2)CC1.O=C(O)C(=O)O. The van der Waals surface area contributed by atoms with E-state index in [4.69, 9.17) is 24.5 Å². The predicted molar refractivity (Wildman–Crippen MR) is 124 cm³/mol. The average molecular weight is 508 g/mol. The molecule has 1 aliphatic rings. The monoisotopic (exact) mass is 507 g/mol. The van der Waals surface area contributed by atoms with E-state index in [1.54, 1.807) is 41.3 Å². The van der Waals surface area contributed by atoms with Crippen molar-refractivity contribution in [2.24, 2.45) is 0 Å². The van der Waals surface area contributed by atoms with Gasteiger partial charge in [-0.05, 0) is 36.4 Å². The maximum Gasteiger partial charge on any atom is 0.414 e. The minimum absolute atomic E-state index is 0.149. The van der Waals surface area contributed by atoms with Gasteiger partial charge in [0.2, 0.25) is 15.9 Å². The number of ether oxygens (including phenoxy) is 1. The van der Waals surface area contributed by atoms with Crippen LogP contribution < -0.4 is 10.1 Å². The third kappa shape index (κ3) is 7.25. The predicted octanol–water partition coefficient (Wildman–Crippen LogP) is 0.956. The molecule has 0 aliphatic carbocycles. The van der Waals surface area contributed by atoms with Crippen molar-refractivity contribution in [1.29, 1.82) is 0 Å². The summed E-state index contributed by atoms with van der Waals surface area (Å²) in [4.78, 5) is 43.8. The van der Waals surface area contributed by atoms with Crippen molar-refractivity contribution in [1.82, 2.24) is 9.21 Å². The number of piperazine rings is 1. The number of carbonyl (C=O) groups is 4. The number of benzene rings is 2. The molecule has 12 nitrogen and oxygen atoms in total. The molecule has 0 radical (unpaired) electrons. The normalized spacial score (nSPS) is 13.7. The summed E-state index contributed by atoms with van der Waals surface area (Å²) < 4.78 is 32.4. The Morgan fingerprint density at radius 3 is 1.91 bits per heavy atom. The molecular weight excluding hydrogens is 482 g/mol. The lowest BCUT2D eigenvalue weighted by Gasteiger charge is -2.34. The summed E-state index contributed by atoms with van der Waals surface area (Å²) in [5.41, 5.74) is 0.989. The summed E-state index contributed by atoms with van der Waals surface area (Å²) in [5, 5.41) is 17.4. The number of nitrogens with one attached hydrogen (secondary N) is 1. The summed E-state index contributed by atoms with van der Waals surface area (Å²) in [7, 11) is -2.17. The molecule has 1 aliphatic heterocycles. The number of rotatable bonds is 5. The number of methoxy groups -OCH3 is 1. The van der Waals surface area contributed by atoms with Gasteiger partial charge in [0.15, 0.2) is 0 Å². The molecule has 188 valence electrons. The van der Waals surface area contributed by atoms with E-state index in [9.17, 15) is 18.0 Å². The van der Waals surface area contributed by atoms with E-state index in [0.29, 0.717) is 30.1 Å². The second kappa shape index (κ2) is 11.9. The van der Waals surface area contributed by atoms with Gasteiger partial charge >= 0.3 is 11.9 Å². The Balaban J connectivity index is 0.000000641. The zero-order valence-corrected chi connectivity index (χ0v) is 19.8. The second-order valence-electron chi connectivity index (χ2n) is 7.21. The highest BCUT2D eigenvalue weighted by Gasteiger charge is 2.31. The molecule has 1 fully saturated rings. The molecule has 1 heterocycles. The van der Waals surface area contributed by atoms with Gasteiger partial charge in [-0.25, -0.2) is 18.0 Å². The number of anilines is 1. The number of aliphatic carboxylic acids is 2. The molecule has 0 unspecified atom stereocenters. The number of amides is 2. The van der Waals surface area contributed by atoms with Gasteiger partial charge < -0.3 is 25.2 Å². The molecular formula is C22H25N3O9S. The maximum atomic E-state index is 12.9. The summed E-state index contributed by atoms with van der Waals surface area (Å²) >= 11 is 0. The van der Waals surface area contributed by atoms with Crippen LogP contribution in [-0.4, -0.2) is 84.9 Å². The fourth-order valence-corrected chi connectivity index (χ4v) is 4.61. The van der Waals surface area contributed by atoms with E-state index in [2.05, 4.69) is 5.32 Å². The standard InChI is InChI=1S/C20H23N3O5S.C2H2O4/c1-15(24)21-16-7-9-17(10-8-16)29(26,27)23-13-11-22(12-14-23)20(25)18-5-3-4-6-19(18)28-2;3-1(4)2(5)6/h3-10H,11-14H2,1-2H3,(H,21,24);(H,3,4)(H,5,6). The molecule has 0 atom stereocenters. The first-order chi connectivity index (χ1) is 16.5. The number of sulfonamides is 1. The Bertz CT molecular complexity index is 1180. The first-order valence-electron chi connectivity index (χ1n) is 10.2. The van der Waals surface area contributed by atoms with Crippen LogP contribution in [0, 0.1) is 0 Å². The summed E-state index contributed by atoms with van der Waals surface area (Å²) in [6.07, 6.45) is 0. The largest absolute Gasteiger partial charge is 0.496 e. The molecule has 3 rings (SSSR count). The zero-order chi connectivity index (χ0) is 26.2. The number of carboxylic acid groups (broad SMARTS) is 2. The molecule has 2 aromatic rings. The van der Waals surface area contributed by atoms with Crippen LogP contribution in [-0.2, 0) is 24.4 Å². The first-order valence-corrected chi connectivity index (χ1v) is 11.7. The van der Waals surface area contributed by atoms with E-state index in [1.807, 2.05) is 0 Å². The van der Waals surface area contributed by atoms with Gasteiger partial charge in [0.25, 0.3) is 5.91 Å². The van der Waals surface area contributed by atoms with Crippen LogP contribution in [0.15, 0.2) is 53.4 Å². The van der Waals surface area contributed by atoms with Crippen molar-refractivity contribution >= 4 is 39.5 Å². The van der Waals surface area contributed by atoms with Gasteiger partial charge in [-0.2, -0.15) is 4.31 Å². The Morgan fingerprint density at radius 2 is 1.43 bits per heavy atom. The molecule has 35 heavy (non-hydrogen) atoms. The molecule has 13 heteroatoms. The quantitative estimate of drug-likeness (QED) is 0.499. The Hall–Kier alpha value is -3.97. The van der Waals surface area contributed by atoms with Crippen LogP contribution in [0.3, 0.4) is 0 Å². The highest BCUT2D eigenvalue weighted by Crippen LogP contribution is 2.23. The molecule has 0 bridgehead atoms. The van der Waals surface area contributed by atoms with Crippen LogP contribution in [0.4, 0.5) is 5.69 Å². The van der Waals surface area contributed by atoms with Crippen molar-refractivity contribution in [3.8, 4) is 5.75 Å². The van der Waals surface area contributed by atoms with Gasteiger partial charge in [0, 0.05) is 38.8 Å². The molecule has 0 saturated carbocycles. The average Bonchev–Trinajstić information content (AvgIpc) is 2.84. The lowest BCUT2D eigenvalue weighted by molar-refractivity contribution is -0.159. The fourth-order valence-electron chi connectivity index (χ4n) is 3.19. The number of carbonyl (C=O) groups excluding carboxylic acids is 2. The van der Waals surface area contributed by atoms with Crippen molar-refractivity contribution < 1.29 is 42.5 Å². The van der Waals surface area contributed by atoms with Crippen LogP contribution in [0.1, 0.15) is 17.3 Å². The van der Waals surface area contributed by atoms with Gasteiger partial charge in [-0.1, -0.05) is 12.1 Å². The highest BCUT2D eigenvalue weighted by atomic mass is 32.2. The van der Waals surface area contributed by atoms with Gasteiger partial charge in [0.05, 0.1) is 17.6 Å². The van der Waals surface area contributed by atoms with E-state index < -0.39 is 22.0 Å². The smallest absolute Gasteiger partial charge is 0.414 e. The second-order valence-corrected chi connectivity index (χ2v) is 9.15. The fraction of sp³-hybridized carbons (Fsp3) is 0.273. The zero-order valence-electron chi connectivity index (χ0n) is 19.0. The van der Waals surface area contributed by atoms with Gasteiger partial charge in [-0.3, -0.25) is 9.59 Å². The van der Waals surface area contributed by atoms with Crippen molar-refractivity contribution in [3.05, 3.63) is 54.1 Å². The molecule has 2 aromatic carbocycles. The van der Waals surface area contributed by atoms with Crippen LogP contribution >= 0.6 is 0 Å². The Labute approximate surface area is 201 Å². The van der Waals surface area contributed by atoms with Crippen molar-refractivity contribution in [3.63, 3.8) is 0 Å². The summed E-state index contributed by atoms with van der Waals surface area (Å²) in [5.74, 6) is -3.56.